The maximum Gasteiger partial charge on any atom is 0.223 e. The fourth-order valence-electron chi connectivity index (χ4n) is 2.27. The van der Waals surface area contributed by atoms with Crippen LogP contribution in [-0.2, 0) is 13.1 Å². The van der Waals surface area contributed by atoms with E-state index in [1.54, 1.807) is 13.1 Å². The van der Waals surface area contributed by atoms with Crippen LogP contribution in [0, 0.1) is 6.92 Å². The van der Waals surface area contributed by atoms with Crippen molar-refractivity contribution in [3.8, 4) is 0 Å². The summed E-state index contributed by atoms with van der Waals surface area (Å²) in [7, 11) is 0. The molecule has 20 heavy (non-hydrogen) atoms. The van der Waals surface area contributed by atoms with Crippen molar-refractivity contribution in [2.24, 2.45) is 0 Å². The normalized spacial score (nSPS) is 11.3. The summed E-state index contributed by atoms with van der Waals surface area (Å²) < 4.78 is 7.08. The first-order valence-electron chi connectivity index (χ1n) is 6.70. The highest BCUT2D eigenvalue weighted by Gasteiger charge is 2.11. The molecule has 0 aromatic carbocycles. The van der Waals surface area contributed by atoms with Crippen LogP contribution < -0.4 is 5.32 Å². The average Bonchev–Trinajstić information content (AvgIpc) is 3.02. The van der Waals surface area contributed by atoms with Crippen molar-refractivity contribution in [2.75, 3.05) is 6.54 Å². The van der Waals surface area contributed by atoms with Gasteiger partial charge in [0.05, 0.1) is 6.54 Å². The number of hydrogen-bond donors (Lipinski definition) is 1. The van der Waals surface area contributed by atoms with Crippen molar-refractivity contribution < 1.29 is 4.52 Å². The van der Waals surface area contributed by atoms with E-state index >= 15 is 0 Å². The maximum atomic E-state index is 5.01. The van der Waals surface area contributed by atoms with Gasteiger partial charge in [0.25, 0.3) is 0 Å². The van der Waals surface area contributed by atoms with E-state index in [0.717, 1.165) is 24.1 Å². The summed E-state index contributed by atoms with van der Waals surface area (Å²) in [6.07, 6.45) is 3.91. The lowest BCUT2D eigenvalue weighted by atomic mass is 10.2. The molecule has 0 aliphatic heterocycles. The number of fused-ring (bicyclic) bond motifs is 1. The fraction of sp³-hybridized carbons (Fsp3) is 0.357. The standard InChI is InChI=1S/C14H17N5O/c1-3-15-7-11-8-19(9-13-17-10(2)20-18-13)14-12(11)5-4-6-16-14/h4-6,8,15H,3,7,9H2,1-2H3. The number of nitrogens with zero attached hydrogens (tertiary/aromatic N) is 4. The molecule has 0 radical (unpaired) electrons. The van der Waals surface area contributed by atoms with E-state index in [1.807, 2.05) is 6.07 Å². The van der Waals surface area contributed by atoms with Gasteiger partial charge in [0.15, 0.2) is 5.82 Å². The molecule has 0 bridgehead atoms. The highest BCUT2D eigenvalue weighted by molar-refractivity contribution is 5.80. The number of nitrogens with one attached hydrogen (secondary N) is 1. The van der Waals surface area contributed by atoms with Crippen molar-refractivity contribution in [1.82, 2.24) is 25.0 Å². The SMILES string of the molecule is CCNCc1cn(Cc2noc(C)n2)c2ncccc12. The molecule has 0 spiro atoms. The molecule has 3 aromatic heterocycles. The summed E-state index contributed by atoms with van der Waals surface area (Å²) in [6, 6.07) is 4.05. The number of pyridine rings is 1. The Morgan fingerprint density at radius 2 is 2.30 bits per heavy atom. The Morgan fingerprint density at radius 1 is 1.40 bits per heavy atom. The first kappa shape index (κ1) is 12.8. The van der Waals surface area contributed by atoms with E-state index in [9.17, 15) is 0 Å². The van der Waals surface area contributed by atoms with Gasteiger partial charge in [0, 0.05) is 31.2 Å². The topological polar surface area (TPSA) is 68.8 Å². The van der Waals surface area contributed by atoms with Gasteiger partial charge in [-0.05, 0) is 24.2 Å². The summed E-state index contributed by atoms with van der Waals surface area (Å²) in [5.74, 6) is 1.25. The quantitative estimate of drug-likeness (QED) is 0.767. The Hall–Kier alpha value is -2.21. The van der Waals surface area contributed by atoms with Crippen LogP contribution in [0.25, 0.3) is 11.0 Å². The molecular formula is C14H17N5O. The Morgan fingerprint density at radius 3 is 3.05 bits per heavy atom. The van der Waals surface area contributed by atoms with Crippen molar-refractivity contribution in [3.63, 3.8) is 0 Å². The lowest BCUT2D eigenvalue weighted by molar-refractivity contribution is 0.386. The second-order valence-corrected chi connectivity index (χ2v) is 4.67. The molecular weight excluding hydrogens is 254 g/mol. The van der Waals surface area contributed by atoms with E-state index in [-0.39, 0.29) is 0 Å². The van der Waals surface area contributed by atoms with E-state index < -0.39 is 0 Å². The van der Waals surface area contributed by atoms with Crippen molar-refractivity contribution in [1.29, 1.82) is 0 Å². The fourth-order valence-corrected chi connectivity index (χ4v) is 2.27. The molecule has 3 rings (SSSR count). The molecule has 1 N–H and O–H groups in total. The van der Waals surface area contributed by atoms with Crippen LogP contribution in [-0.4, -0.2) is 26.2 Å². The zero-order chi connectivity index (χ0) is 13.9. The lowest BCUT2D eigenvalue weighted by Crippen LogP contribution is -2.11. The van der Waals surface area contributed by atoms with Crippen LogP contribution >= 0.6 is 0 Å². The van der Waals surface area contributed by atoms with Gasteiger partial charge in [-0.15, -0.1) is 0 Å². The molecule has 6 nitrogen and oxygen atoms in total. The van der Waals surface area contributed by atoms with Crippen molar-refractivity contribution in [2.45, 2.75) is 26.9 Å². The molecule has 0 saturated carbocycles. The van der Waals surface area contributed by atoms with E-state index in [1.165, 1.54) is 5.56 Å². The number of aromatic nitrogens is 4. The van der Waals surface area contributed by atoms with Crippen LogP contribution in [0.1, 0.15) is 24.2 Å². The van der Waals surface area contributed by atoms with Crippen LogP contribution in [0.15, 0.2) is 29.0 Å². The van der Waals surface area contributed by atoms with Crippen molar-refractivity contribution >= 4 is 11.0 Å². The lowest BCUT2D eigenvalue weighted by Gasteiger charge is -1.99. The zero-order valence-corrected chi connectivity index (χ0v) is 11.6. The molecule has 0 atom stereocenters. The second kappa shape index (κ2) is 5.42. The number of rotatable bonds is 5. The van der Waals surface area contributed by atoms with Gasteiger partial charge >= 0.3 is 0 Å². The largest absolute Gasteiger partial charge is 0.340 e. The molecule has 6 heteroatoms. The number of hydrogen-bond acceptors (Lipinski definition) is 5. The monoisotopic (exact) mass is 271 g/mol. The predicted octanol–water partition coefficient (Wildman–Crippen LogP) is 1.89. The first-order chi connectivity index (χ1) is 9.78. The molecule has 0 unspecified atom stereocenters. The Balaban J connectivity index is 1.97. The van der Waals surface area contributed by atoms with Gasteiger partial charge in [0.1, 0.15) is 5.65 Å². The zero-order valence-electron chi connectivity index (χ0n) is 11.6. The molecule has 0 aliphatic carbocycles. The third-order valence-electron chi connectivity index (χ3n) is 3.16. The summed E-state index contributed by atoms with van der Waals surface area (Å²) in [4.78, 5) is 8.70. The van der Waals surface area contributed by atoms with Crippen molar-refractivity contribution in [3.05, 3.63) is 41.8 Å². The van der Waals surface area contributed by atoms with Crippen LogP contribution in [0.4, 0.5) is 0 Å². The Labute approximate surface area is 116 Å². The predicted molar refractivity (Wildman–Crippen MR) is 75.3 cm³/mol. The van der Waals surface area contributed by atoms with E-state index in [0.29, 0.717) is 18.3 Å². The van der Waals surface area contributed by atoms with Gasteiger partial charge in [-0.3, -0.25) is 0 Å². The van der Waals surface area contributed by atoms with E-state index in [2.05, 4.69) is 44.2 Å². The molecule has 104 valence electrons. The third kappa shape index (κ3) is 2.42. The minimum Gasteiger partial charge on any atom is -0.340 e. The van der Waals surface area contributed by atoms with Gasteiger partial charge in [-0.1, -0.05) is 12.1 Å². The Kier molecular flexibility index (Phi) is 3.47. The first-order valence-corrected chi connectivity index (χ1v) is 6.70. The Bertz CT molecular complexity index is 715. The molecule has 0 aliphatic rings. The smallest absolute Gasteiger partial charge is 0.223 e. The summed E-state index contributed by atoms with van der Waals surface area (Å²) >= 11 is 0. The molecule has 0 fully saturated rings. The maximum absolute atomic E-state index is 5.01. The molecule has 0 amide bonds. The van der Waals surface area contributed by atoms with Crippen LogP contribution in [0.2, 0.25) is 0 Å². The highest BCUT2D eigenvalue weighted by atomic mass is 16.5. The highest BCUT2D eigenvalue weighted by Crippen LogP contribution is 2.20. The number of aryl methyl sites for hydroxylation is 1. The van der Waals surface area contributed by atoms with E-state index in [4.69, 9.17) is 4.52 Å². The third-order valence-corrected chi connectivity index (χ3v) is 3.16. The van der Waals surface area contributed by atoms with Gasteiger partial charge in [0.2, 0.25) is 5.89 Å². The minimum atomic E-state index is 0.566. The van der Waals surface area contributed by atoms with Gasteiger partial charge in [-0.2, -0.15) is 4.98 Å². The van der Waals surface area contributed by atoms with Crippen LogP contribution in [0.5, 0.6) is 0 Å². The molecule has 0 saturated heterocycles. The second-order valence-electron chi connectivity index (χ2n) is 4.67. The molecule has 3 heterocycles. The average molecular weight is 271 g/mol. The summed E-state index contributed by atoms with van der Waals surface area (Å²) in [5, 5.41) is 8.45. The summed E-state index contributed by atoms with van der Waals surface area (Å²) in [5.41, 5.74) is 2.18. The molecule has 3 aromatic rings. The minimum absolute atomic E-state index is 0.566. The summed E-state index contributed by atoms with van der Waals surface area (Å²) in [6.45, 7) is 6.23. The van der Waals surface area contributed by atoms with Gasteiger partial charge < -0.3 is 14.4 Å². The van der Waals surface area contributed by atoms with Crippen LogP contribution in [0.3, 0.4) is 0 Å². The van der Waals surface area contributed by atoms with Gasteiger partial charge in [-0.25, -0.2) is 4.98 Å².